The molecule has 0 radical (unpaired) electrons. The fraction of sp³-hybridized carbons (Fsp3) is 0.231. The van der Waals surface area contributed by atoms with Crippen LogP contribution in [0.25, 0.3) is 10.6 Å². The Bertz CT molecular complexity index is 639. The van der Waals surface area contributed by atoms with Crippen LogP contribution >= 0.6 is 22.9 Å². The smallest absolute Gasteiger partial charge is 0.315 e. The van der Waals surface area contributed by atoms with Gasteiger partial charge in [0.05, 0.1) is 10.7 Å². The minimum absolute atomic E-state index is 0.258. The normalized spacial score (nSPS) is 11.6. The lowest BCUT2D eigenvalue weighted by molar-refractivity contribution is -0.142. The van der Waals surface area contributed by atoms with Gasteiger partial charge in [0.1, 0.15) is 16.2 Å². The zero-order chi connectivity index (χ0) is 14.2. The molecule has 6 heteroatoms. The highest BCUT2D eigenvalue weighted by atomic mass is 35.5. The average Bonchev–Trinajstić information content (AvgIpc) is 2.78. The molecule has 0 aliphatic carbocycles. The topological polar surface area (TPSA) is 50.2 Å². The van der Waals surface area contributed by atoms with Gasteiger partial charge >= 0.3 is 5.97 Å². The standard InChI is InChI=1S/C13H11ClFNO2S/c1-13(2,12(17)18)10-6-19-11(16-10)8-4-3-7(15)5-9(8)14/h3-6H,1-2H3,(H,17,18). The summed E-state index contributed by atoms with van der Waals surface area (Å²) in [4.78, 5) is 15.5. The van der Waals surface area contributed by atoms with Gasteiger partial charge in [0, 0.05) is 10.9 Å². The van der Waals surface area contributed by atoms with Gasteiger partial charge in [-0.05, 0) is 32.0 Å². The maximum absolute atomic E-state index is 13.0. The van der Waals surface area contributed by atoms with E-state index in [0.29, 0.717) is 16.3 Å². The van der Waals surface area contributed by atoms with E-state index >= 15 is 0 Å². The first-order chi connectivity index (χ1) is 8.82. The second-order valence-corrected chi connectivity index (χ2v) is 5.86. The Hall–Kier alpha value is -1.46. The summed E-state index contributed by atoms with van der Waals surface area (Å²) in [7, 11) is 0. The fourth-order valence-corrected chi connectivity index (χ4v) is 2.80. The predicted octanol–water partition coefficient (Wildman–Crippen LogP) is 3.96. The summed E-state index contributed by atoms with van der Waals surface area (Å²) in [6.45, 7) is 3.17. The molecule has 2 aromatic rings. The van der Waals surface area contributed by atoms with Crippen molar-refractivity contribution in [1.82, 2.24) is 4.98 Å². The Labute approximate surface area is 118 Å². The first-order valence-corrected chi connectivity index (χ1v) is 6.73. The molecule has 3 nitrogen and oxygen atoms in total. The van der Waals surface area contributed by atoms with Crippen molar-refractivity contribution in [3.63, 3.8) is 0 Å². The van der Waals surface area contributed by atoms with E-state index in [1.54, 1.807) is 19.2 Å². The van der Waals surface area contributed by atoms with Gasteiger partial charge in [-0.2, -0.15) is 0 Å². The summed E-state index contributed by atoms with van der Waals surface area (Å²) in [5, 5.41) is 11.7. The minimum atomic E-state index is -1.07. The summed E-state index contributed by atoms with van der Waals surface area (Å²) in [5.74, 6) is -1.37. The van der Waals surface area contributed by atoms with Gasteiger partial charge in [-0.25, -0.2) is 9.37 Å². The highest BCUT2D eigenvalue weighted by Crippen LogP contribution is 2.34. The van der Waals surface area contributed by atoms with Crippen molar-refractivity contribution in [2.75, 3.05) is 0 Å². The number of carboxylic acids is 1. The largest absolute Gasteiger partial charge is 0.481 e. The molecule has 1 aromatic carbocycles. The molecule has 1 aromatic heterocycles. The van der Waals surface area contributed by atoms with Crippen LogP contribution in [0.1, 0.15) is 19.5 Å². The van der Waals surface area contributed by atoms with Gasteiger partial charge in [0.2, 0.25) is 0 Å². The molecule has 0 aliphatic heterocycles. The van der Waals surface area contributed by atoms with Crippen molar-refractivity contribution < 1.29 is 14.3 Å². The Morgan fingerprint density at radius 3 is 2.74 bits per heavy atom. The quantitative estimate of drug-likeness (QED) is 0.933. The SMILES string of the molecule is CC(C)(C(=O)O)c1csc(-c2ccc(F)cc2Cl)n1. The molecule has 1 N–H and O–H groups in total. The van der Waals surface area contributed by atoms with Crippen molar-refractivity contribution in [2.45, 2.75) is 19.3 Å². The molecular weight excluding hydrogens is 289 g/mol. The molecule has 0 amide bonds. The molecule has 0 saturated carbocycles. The summed E-state index contributed by atoms with van der Waals surface area (Å²) < 4.78 is 13.0. The molecule has 0 fully saturated rings. The van der Waals surface area contributed by atoms with Gasteiger partial charge in [0.25, 0.3) is 0 Å². The Kier molecular flexibility index (Phi) is 3.60. The highest BCUT2D eigenvalue weighted by Gasteiger charge is 2.32. The van der Waals surface area contributed by atoms with Gasteiger partial charge in [-0.3, -0.25) is 4.79 Å². The number of halogens is 2. The highest BCUT2D eigenvalue weighted by molar-refractivity contribution is 7.13. The van der Waals surface area contributed by atoms with Crippen molar-refractivity contribution in [3.05, 3.63) is 40.1 Å². The van der Waals surface area contributed by atoms with E-state index in [9.17, 15) is 9.18 Å². The molecule has 0 aliphatic rings. The van der Waals surface area contributed by atoms with Crippen LogP contribution in [0.2, 0.25) is 5.02 Å². The van der Waals surface area contributed by atoms with Gasteiger partial charge in [-0.15, -0.1) is 11.3 Å². The number of nitrogens with zero attached hydrogens (tertiary/aromatic N) is 1. The van der Waals surface area contributed by atoms with Crippen LogP contribution in [0, 0.1) is 5.82 Å². The van der Waals surface area contributed by atoms with E-state index in [2.05, 4.69) is 4.98 Å². The van der Waals surface area contributed by atoms with Crippen LogP contribution in [0.15, 0.2) is 23.6 Å². The van der Waals surface area contributed by atoms with Crippen molar-refractivity contribution >= 4 is 28.9 Å². The molecule has 0 atom stereocenters. The van der Waals surface area contributed by atoms with Crippen molar-refractivity contribution in [3.8, 4) is 10.6 Å². The van der Waals surface area contributed by atoms with Crippen LogP contribution < -0.4 is 0 Å². The third-order valence-corrected chi connectivity index (χ3v) is 4.03. The predicted molar refractivity (Wildman–Crippen MR) is 73.2 cm³/mol. The number of hydrogen-bond donors (Lipinski definition) is 1. The first kappa shape index (κ1) is 14.0. The molecule has 2 rings (SSSR count). The molecule has 0 unspecified atom stereocenters. The summed E-state index contributed by atoms with van der Waals surface area (Å²) in [6, 6.07) is 4.04. The third-order valence-electron chi connectivity index (χ3n) is 2.84. The monoisotopic (exact) mass is 299 g/mol. The zero-order valence-corrected chi connectivity index (χ0v) is 11.8. The minimum Gasteiger partial charge on any atom is -0.481 e. The molecule has 1 heterocycles. The molecule has 100 valence electrons. The number of thiazole rings is 1. The summed E-state index contributed by atoms with van der Waals surface area (Å²) in [5.41, 5.74) is -0.0118. The third kappa shape index (κ3) is 2.62. The first-order valence-electron chi connectivity index (χ1n) is 5.47. The lowest BCUT2D eigenvalue weighted by Crippen LogP contribution is -2.28. The van der Waals surface area contributed by atoms with E-state index in [4.69, 9.17) is 16.7 Å². The number of carbonyl (C=O) groups is 1. The van der Waals surface area contributed by atoms with Gasteiger partial charge < -0.3 is 5.11 Å². The van der Waals surface area contributed by atoms with E-state index in [-0.39, 0.29) is 5.02 Å². The molecule has 0 bridgehead atoms. The van der Waals surface area contributed by atoms with Crippen molar-refractivity contribution in [2.24, 2.45) is 0 Å². The molecule has 0 saturated heterocycles. The zero-order valence-electron chi connectivity index (χ0n) is 10.3. The second-order valence-electron chi connectivity index (χ2n) is 4.59. The van der Waals surface area contributed by atoms with E-state index < -0.39 is 17.2 Å². The van der Waals surface area contributed by atoms with Crippen LogP contribution in [0.4, 0.5) is 4.39 Å². The van der Waals surface area contributed by atoms with Crippen LogP contribution in [0.3, 0.4) is 0 Å². The van der Waals surface area contributed by atoms with E-state index in [0.717, 1.165) is 0 Å². The van der Waals surface area contributed by atoms with Gasteiger partial charge in [-0.1, -0.05) is 11.6 Å². The van der Waals surface area contributed by atoms with E-state index in [1.807, 2.05) is 0 Å². The molecule has 0 spiro atoms. The lowest BCUT2D eigenvalue weighted by atomic mass is 9.90. The Morgan fingerprint density at radius 1 is 1.47 bits per heavy atom. The fourth-order valence-electron chi connectivity index (χ4n) is 1.46. The maximum Gasteiger partial charge on any atom is 0.315 e. The van der Waals surface area contributed by atoms with Crippen LogP contribution in [0.5, 0.6) is 0 Å². The number of rotatable bonds is 3. The number of carboxylic acid groups (broad SMARTS) is 1. The number of benzene rings is 1. The number of aliphatic carboxylic acids is 1. The average molecular weight is 300 g/mol. The van der Waals surface area contributed by atoms with Crippen LogP contribution in [-0.4, -0.2) is 16.1 Å². The Balaban J connectivity index is 2.44. The summed E-state index contributed by atoms with van der Waals surface area (Å²) in [6.07, 6.45) is 0. The van der Waals surface area contributed by atoms with E-state index in [1.165, 1.54) is 29.5 Å². The number of aromatic nitrogens is 1. The maximum atomic E-state index is 13.0. The lowest BCUT2D eigenvalue weighted by Gasteiger charge is -2.15. The van der Waals surface area contributed by atoms with Crippen molar-refractivity contribution in [1.29, 1.82) is 0 Å². The molecular formula is C13H11ClFNO2S. The van der Waals surface area contributed by atoms with Crippen LogP contribution in [-0.2, 0) is 10.2 Å². The molecule has 19 heavy (non-hydrogen) atoms. The Morgan fingerprint density at radius 2 is 2.16 bits per heavy atom. The van der Waals surface area contributed by atoms with Gasteiger partial charge in [0.15, 0.2) is 0 Å². The summed E-state index contributed by atoms with van der Waals surface area (Å²) >= 11 is 7.25. The second kappa shape index (κ2) is 4.90. The number of hydrogen-bond acceptors (Lipinski definition) is 3.